The number of allylic oxidation sites excluding steroid dienone is 1. The molecule has 2 aromatic carbocycles. The van der Waals surface area contributed by atoms with Crippen molar-refractivity contribution < 1.29 is 27.5 Å². The molecule has 0 saturated carbocycles. The van der Waals surface area contributed by atoms with Crippen LogP contribution in [-0.4, -0.2) is 30.3 Å². The van der Waals surface area contributed by atoms with Crippen molar-refractivity contribution in [1.29, 1.82) is 0 Å². The fourth-order valence-corrected chi connectivity index (χ4v) is 3.73. The zero-order chi connectivity index (χ0) is 23.6. The van der Waals surface area contributed by atoms with Crippen molar-refractivity contribution >= 4 is 40.6 Å². The predicted octanol–water partition coefficient (Wildman–Crippen LogP) is 4.38. The van der Waals surface area contributed by atoms with E-state index in [-0.39, 0.29) is 11.3 Å². The lowest BCUT2D eigenvalue weighted by Gasteiger charge is -2.37. The zero-order valence-corrected chi connectivity index (χ0v) is 18.2. The third-order valence-corrected chi connectivity index (χ3v) is 5.22. The van der Waals surface area contributed by atoms with E-state index in [9.17, 15) is 22.8 Å². The van der Waals surface area contributed by atoms with Crippen LogP contribution in [0.1, 0.15) is 24.1 Å². The molecule has 1 heterocycles. The number of nitrogens with zero attached hydrogens (tertiary/aromatic N) is 1. The lowest BCUT2D eigenvalue weighted by Crippen LogP contribution is -2.48. The van der Waals surface area contributed by atoms with Crippen molar-refractivity contribution in [3.8, 4) is 0 Å². The number of carbonyl (C=O) groups is 2. The minimum Gasteiger partial charge on any atom is -0.466 e. The highest BCUT2D eigenvalue weighted by Gasteiger charge is 2.39. The Balaban J connectivity index is 2.04. The minimum atomic E-state index is -5.02. The number of amides is 1. The van der Waals surface area contributed by atoms with Gasteiger partial charge in [-0.2, -0.15) is 13.2 Å². The second kappa shape index (κ2) is 8.99. The number of rotatable bonds is 4. The first kappa shape index (κ1) is 23.3. The molecule has 2 aromatic rings. The molecule has 3 rings (SSSR count). The van der Waals surface area contributed by atoms with Gasteiger partial charge in [0.1, 0.15) is 0 Å². The van der Waals surface area contributed by atoms with E-state index in [0.29, 0.717) is 16.4 Å². The van der Waals surface area contributed by atoms with Crippen molar-refractivity contribution in [2.45, 2.75) is 26.1 Å². The van der Waals surface area contributed by atoms with E-state index in [4.69, 9.17) is 17.0 Å². The minimum absolute atomic E-state index is 0.0691. The summed E-state index contributed by atoms with van der Waals surface area (Å²) in [5.41, 5.74) is 2.89. The molecule has 6 nitrogen and oxygen atoms in total. The molecule has 0 aromatic heterocycles. The summed E-state index contributed by atoms with van der Waals surface area (Å²) in [4.78, 5) is 25.7. The van der Waals surface area contributed by atoms with Gasteiger partial charge < -0.3 is 15.4 Å². The van der Waals surface area contributed by atoms with Crippen LogP contribution < -0.4 is 15.5 Å². The highest BCUT2D eigenvalue weighted by atomic mass is 32.1. The first-order chi connectivity index (χ1) is 15.0. The smallest absolute Gasteiger partial charge is 0.466 e. The topological polar surface area (TPSA) is 70.7 Å². The van der Waals surface area contributed by atoms with Gasteiger partial charge in [-0.15, -0.1) is 0 Å². The average Bonchev–Trinajstić information content (AvgIpc) is 2.73. The zero-order valence-electron chi connectivity index (χ0n) is 17.4. The highest BCUT2D eigenvalue weighted by Crippen LogP contribution is 2.35. The first-order valence-electron chi connectivity index (χ1n) is 9.47. The number of benzene rings is 2. The Kier molecular flexibility index (Phi) is 6.54. The number of hydrogen-bond acceptors (Lipinski definition) is 4. The molecule has 1 aliphatic rings. The number of anilines is 2. The third-order valence-electron chi connectivity index (χ3n) is 4.92. The van der Waals surface area contributed by atoms with Crippen LogP contribution in [0.2, 0.25) is 0 Å². The van der Waals surface area contributed by atoms with Gasteiger partial charge in [-0.1, -0.05) is 29.8 Å². The summed E-state index contributed by atoms with van der Waals surface area (Å²) in [7, 11) is 1.24. The van der Waals surface area contributed by atoms with Gasteiger partial charge in [-0.05, 0) is 55.9 Å². The molecule has 10 heteroatoms. The van der Waals surface area contributed by atoms with Crippen LogP contribution in [0.3, 0.4) is 0 Å². The number of nitrogens with one attached hydrogen (secondary N) is 2. The second-order valence-corrected chi connectivity index (χ2v) is 7.51. The van der Waals surface area contributed by atoms with Gasteiger partial charge in [0, 0.05) is 17.1 Å². The van der Waals surface area contributed by atoms with Gasteiger partial charge in [0.05, 0.1) is 18.7 Å². The van der Waals surface area contributed by atoms with Crippen LogP contribution in [0.25, 0.3) is 0 Å². The maximum absolute atomic E-state index is 12.7. The van der Waals surface area contributed by atoms with Crippen LogP contribution in [0.5, 0.6) is 0 Å². The maximum Gasteiger partial charge on any atom is 0.471 e. The summed E-state index contributed by atoms with van der Waals surface area (Å²) in [6.45, 7) is 3.65. The van der Waals surface area contributed by atoms with Gasteiger partial charge in [-0.3, -0.25) is 9.69 Å². The number of aryl methyl sites for hydroxylation is 1. The van der Waals surface area contributed by atoms with Crippen LogP contribution >= 0.6 is 12.2 Å². The van der Waals surface area contributed by atoms with E-state index in [1.54, 1.807) is 17.9 Å². The molecule has 2 N–H and O–H groups in total. The summed E-state index contributed by atoms with van der Waals surface area (Å²) in [5, 5.41) is 5.18. The maximum atomic E-state index is 12.7. The molecular formula is C22H20F3N3O3S. The lowest BCUT2D eigenvalue weighted by molar-refractivity contribution is -0.167. The van der Waals surface area contributed by atoms with Gasteiger partial charge >= 0.3 is 18.1 Å². The summed E-state index contributed by atoms with van der Waals surface area (Å²) >= 11 is 5.53. The van der Waals surface area contributed by atoms with Crippen molar-refractivity contribution in [2.75, 3.05) is 17.3 Å². The number of thiocarbonyl (C=S) groups is 1. The van der Waals surface area contributed by atoms with Crippen LogP contribution in [-0.2, 0) is 14.3 Å². The molecule has 0 unspecified atom stereocenters. The molecule has 168 valence electrons. The molecule has 0 fully saturated rings. The molecule has 0 saturated heterocycles. The summed E-state index contributed by atoms with van der Waals surface area (Å²) in [5.74, 6) is -2.71. The molecule has 0 bridgehead atoms. The van der Waals surface area contributed by atoms with Crippen molar-refractivity contribution in [1.82, 2.24) is 5.32 Å². The molecule has 0 radical (unpaired) electrons. The number of hydrogen-bond donors (Lipinski definition) is 2. The normalized spacial score (nSPS) is 16.5. The Hall–Kier alpha value is -3.40. The second-order valence-electron chi connectivity index (χ2n) is 7.12. The third kappa shape index (κ3) is 4.75. The number of esters is 1. The van der Waals surface area contributed by atoms with Gasteiger partial charge in [0.2, 0.25) is 0 Å². The fourth-order valence-electron chi connectivity index (χ4n) is 3.37. The van der Waals surface area contributed by atoms with Gasteiger partial charge in [-0.25, -0.2) is 4.79 Å². The SMILES string of the molecule is COC(=O)C1=C(C)N(c2ccc(C)cc2)C(=S)N[C@@H]1c1cccc(NC(=O)C(F)(F)F)c1. The van der Waals surface area contributed by atoms with E-state index in [1.807, 2.05) is 36.5 Å². The standard InChI is InChI=1S/C22H20F3N3O3S/c1-12-7-9-16(10-8-12)28-13(2)17(19(29)31-3)18(27-21(28)32)14-5-4-6-15(11-14)26-20(30)22(23,24)25/h4-11,18H,1-3H3,(H,26,30)(H,27,32)/t18-/m1/s1. The van der Waals surface area contributed by atoms with E-state index in [0.717, 1.165) is 11.3 Å². The highest BCUT2D eigenvalue weighted by molar-refractivity contribution is 7.80. The van der Waals surface area contributed by atoms with Gasteiger partial charge in [0.15, 0.2) is 5.11 Å². The number of carbonyl (C=O) groups excluding carboxylic acids is 2. The molecule has 0 spiro atoms. The summed E-state index contributed by atoms with van der Waals surface area (Å²) in [6.07, 6.45) is -5.02. The van der Waals surface area contributed by atoms with Crippen LogP contribution in [0, 0.1) is 6.92 Å². The number of alkyl halides is 3. The van der Waals surface area contributed by atoms with Crippen molar-refractivity contribution in [3.05, 3.63) is 70.9 Å². The number of halogens is 3. The van der Waals surface area contributed by atoms with E-state index in [1.165, 1.54) is 25.3 Å². The molecule has 1 aliphatic heterocycles. The number of methoxy groups -OCH3 is 1. The quantitative estimate of drug-likeness (QED) is 0.518. The summed E-state index contributed by atoms with van der Waals surface area (Å²) in [6, 6.07) is 12.5. The largest absolute Gasteiger partial charge is 0.471 e. The Morgan fingerprint density at radius 1 is 1.12 bits per heavy atom. The van der Waals surface area contributed by atoms with Crippen molar-refractivity contribution in [2.24, 2.45) is 0 Å². The van der Waals surface area contributed by atoms with E-state index in [2.05, 4.69) is 5.32 Å². The molecule has 1 amide bonds. The average molecular weight is 463 g/mol. The van der Waals surface area contributed by atoms with Gasteiger partial charge in [0.25, 0.3) is 0 Å². The van der Waals surface area contributed by atoms with E-state index < -0.39 is 24.1 Å². The Morgan fingerprint density at radius 2 is 1.78 bits per heavy atom. The lowest BCUT2D eigenvalue weighted by atomic mass is 9.94. The molecule has 0 aliphatic carbocycles. The number of ether oxygens (including phenoxy) is 1. The Bertz CT molecular complexity index is 1100. The molecular weight excluding hydrogens is 443 g/mol. The van der Waals surface area contributed by atoms with Crippen LogP contribution in [0.4, 0.5) is 24.5 Å². The first-order valence-corrected chi connectivity index (χ1v) is 9.88. The Labute approximate surface area is 188 Å². The monoisotopic (exact) mass is 463 g/mol. The molecule has 32 heavy (non-hydrogen) atoms. The summed E-state index contributed by atoms with van der Waals surface area (Å²) < 4.78 is 42.8. The predicted molar refractivity (Wildman–Crippen MR) is 118 cm³/mol. The van der Waals surface area contributed by atoms with Crippen molar-refractivity contribution in [3.63, 3.8) is 0 Å². The molecule has 1 atom stereocenters. The Morgan fingerprint density at radius 3 is 2.38 bits per heavy atom. The van der Waals surface area contributed by atoms with E-state index >= 15 is 0 Å². The van der Waals surface area contributed by atoms with Crippen LogP contribution in [0.15, 0.2) is 59.8 Å². The fraction of sp³-hybridized carbons (Fsp3) is 0.227.